The molecule has 0 aliphatic carbocycles. The number of carbonyl (C=O) groups excluding carboxylic acids is 2. The van der Waals surface area contributed by atoms with Gasteiger partial charge in [-0.25, -0.2) is 4.39 Å². The first kappa shape index (κ1) is 19.7. The lowest BCUT2D eigenvalue weighted by Gasteiger charge is -2.15. The summed E-state index contributed by atoms with van der Waals surface area (Å²) in [6, 6.07) is 10.9. The molecule has 7 heteroatoms. The molecule has 2 rings (SSSR count). The number of nitrogens with one attached hydrogen (secondary N) is 1. The number of ether oxygens (including phenoxy) is 1. The van der Waals surface area contributed by atoms with Crippen LogP contribution < -0.4 is 15.8 Å². The molecule has 3 N–H and O–H groups in total. The summed E-state index contributed by atoms with van der Waals surface area (Å²) in [5, 5.41) is 3.12. The van der Waals surface area contributed by atoms with E-state index in [0.29, 0.717) is 22.8 Å². The normalized spacial score (nSPS) is 11.7. The van der Waals surface area contributed by atoms with Crippen molar-refractivity contribution < 1.29 is 18.7 Å². The molecule has 2 amide bonds. The van der Waals surface area contributed by atoms with Crippen LogP contribution in [0.15, 0.2) is 42.5 Å². The molecule has 0 aliphatic heterocycles. The molecule has 0 fully saturated rings. The molecule has 0 bridgehead atoms. The van der Waals surface area contributed by atoms with Crippen LogP contribution in [0, 0.1) is 11.7 Å². The second-order valence-electron chi connectivity index (χ2n) is 5.87. The highest BCUT2D eigenvalue weighted by Crippen LogP contribution is 2.22. The molecule has 0 saturated carbocycles. The highest BCUT2D eigenvalue weighted by atomic mass is 35.5. The Bertz CT molecular complexity index is 781. The summed E-state index contributed by atoms with van der Waals surface area (Å²) in [5.41, 5.74) is 6.83. The zero-order valence-electron chi connectivity index (χ0n) is 14.3. The van der Waals surface area contributed by atoms with Crippen LogP contribution in [0.4, 0.5) is 4.39 Å². The predicted molar refractivity (Wildman–Crippen MR) is 97.5 cm³/mol. The standard InChI is InChI=1S/C19H20ClFN2O3/c1-26-16-7-4-13(17(20)10-16)9-18(24)23-11-14(19(22)25)8-12-2-5-15(21)6-3-12/h2-7,10,14H,8-9,11H2,1H3,(H2,22,25)(H,23,24). The number of amides is 2. The molecule has 0 radical (unpaired) electrons. The van der Waals surface area contributed by atoms with Gasteiger partial charge in [-0.1, -0.05) is 29.8 Å². The van der Waals surface area contributed by atoms with Crippen LogP contribution >= 0.6 is 11.6 Å². The molecule has 0 aliphatic rings. The lowest BCUT2D eigenvalue weighted by atomic mass is 9.98. The van der Waals surface area contributed by atoms with Gasteiger partial charge in [0.2, 0.25) is 11.8 Å². The molecular formula is C19H20ClFN2O3. The van der Waals surface area contributed by atoms with Gasteiger partial charge in [0.05, 0.1) is 19.4 Å². The molecule has 26 heavy (non-hydrogen) atoms. The Kier molecular flexibility index (Phi) is 6.97. The molecule has 0 aromatic heterocycles. The van der Waals surface area contributed by atoms with Crippen LogP contribution in [0.25, 0.3) is 0 Å². The number of benzene rings is 2. The van der Waals surface area contributed by atoms with Crippen molar-refractivity contribution in [1.29, 1.82) is 0 Å². The fraction of sp³-hybridized carbons (Fsp3) is 0.263. The number of hydrogen-bond acceptors (Lipinski definition) is 3. The molecule has 5 nitrogen and oxygen atoms in total. The number of hydrogen-bond donors (Lipinski definition) is 2. The van der Waals surface area contributed by atoms with E-state index in [1.807, 2.05) is 0 Å². The van der Waals surface area contributed by atoms with Crippen LogP contribution in [-0.2, 0) is 22.4 Å². The van der Waals surface area contributed by atoms with Crippen molar-refractivity contribution >= 4 is 23.4 Å². The highest BCUT2D eigenvalue weighted by molar-refractivity contribution is 6.31. The van der Waals surface area contributed by atoms with E-state index in [1.54, 1.807) is 30.3 Å². The Morgan fingerprint density at radius 1 is 1.23 bits per heavy atom. The van der Waals surface area contributed by atoms with Gasteiger partial charge in [0.25, 0.3) is 0 Å². The van der Waals surface area contributed by atoms with Crippen LogP contribution in [0.3, 0.4) is 0 Å². The van der Waals surface area contributed by atoms with Crippen LogP contribution in [0.2, 0.25) is 5.02 Å². The third-order valence-electron chi connectivity index (χ3n) is 3.95. The third kappa shape index (κ3) is 5.74. The summed E-state index contributed by atoms with van der Waals surface area (Å²) >= 11 is 6.12. The second kappa shape index (κ2) is 9.20. The fourth-order valence-electron chi connectivity index (χ4n) is 2.45. The van der Waals surface area contributed by atoms with Crippen molar-refractivity contribution in [3.63, 3.8) is 0 Å². The number of primary amides is 1. The van der Waals surface area contributed by atoms with Gasteiger partial charge < -0.3 is 15.8 Å². The van der Waals surface area contributed by atoms with E-state index >= 15 is 0 Å². The quantitative estimate of drug-likeness (QED) is 0.740. The van der Waals surface area contributed by atoms with Crippen LogP contribution in [0.1, 0.15) is 11.1 Å². The summed E-state index contributed by atoms with van der Waals surface area (Å²) in [6.07, 6.45) is 0.393. The highest BCUT2D eigenvalue weighted by Gasteiger charge is 2.18. The fourth-order valence-corrected chi connectivity index (χ4v) is 2.69. The zero-order valence-corrected chi connectivity index (χ0v) is 15.1. The Labute approximate surface area is 156 Å². The molecule has 0 heterocycles. The van der Waals surface area contributed by atoms with Gasteiger partial charge in [0.15, 0.2) is 0 Å². The molecule has 138 valence electrons. The van der Waals surface area contributed by atoms with Crippen molar-refractivity contribution in [3.8, 4) is 5.75 Å². The van der Waals surface area contributed by atoms with Crippen molar-refractivity contribution in [2.24, 2.45) is 11.7 Å². The lowest BCUT2D eigenvalue weighted by molar-refractivity contribution is -0.123. The van der Waals surface area contributed by atoms with Crippen LogP contribution in [-0.4, -0.2) is 25.5 Å². The maximum absolute atomic E-state index is 13.0. The first-order valence-corrected chi connectivity index (χ1v) is 8.39. The van der Waals surface area contributed by atoms with Gasteiger partial charge in [0.1, 0.15) is 11.6 Å². The first-order valence-electron chi connectivity index (χ1n) is 8.02. The monoisotopic (exact) mass is 378 g/mol. The summed E-state index contributed by atoms with van der Waals surface area (Å²) < 4.78 is 18.0. The van der Waals surface area contributed by atoms with E-state index in [4.69, 9.17) is 22.1 Å². The minimum absolute atomic E-state index is 0.0743. The Morgan fingerprint density at radius 2 is 1.92 bits per heavy atom. The molecular weight excluding hydrogens is 359 g/mol. The average molecular weight is 379 g/mol. The predicted octanol–water partition coefficient (Wildman–Crippen LogP) is 2.49. The largest absolute Gasteiger partial charge is 0.497 e. The smallest absolute Gasteiger partial charge is 0.224 e. The van der Waals surface area contributed by atoms with Gasteiger partial charge in [-0.2, -0.15) is 0 Å². The number of methoxy groups -OCH3 is 1. The number of nitrogens with two attached hydrogens (primary N) is 1. The number of halogens is 2. The van der Waals surface area contributed by atoms with Crippen molar-refractivity contribution in [2.75, 3.05) is 13.7 Å². The van der Waals surface area contributed by atoms with E-state index in [2.05, 4.69) is 5.32 Å². The minimum atomic E-state index is -0.587. The van der Waals surface area contributed by atoms with Gasteiger partial charge in [-0.05, 0) is 41.8 Å². The number of carbonyl (C=O) groups is 2. The summed E-state index contributed by atoms with van der Waals surface area (Å²) in [7, 11) is 1.53. The minimum Gasteiger partial charge on any atom is -0.497 e. The third-order valence-corrected chi connectivity index (χ3v) is 4.31. The summed E-state index contributed by atoms with van der Waals surface area (Å²) in [5.74, 6) is -1.14. The first-order chi connectivity index (χ1) is 12.4. The van der Waals surface area contributed by atoms with Gasteiger partial charge in [-0.15, -0.1) is 0 Å². The van der Waals surface area contributed by atoms with Crippen molar-refractivity contribution in [3.05, 3.63) is 64.4 Å². The topological polar surface area (TPSA) is 81.4 Å². The van der Waals surface area contributed by atoms with E-state index in [-0.39, 0.29) is 24.7 Å². The van der Waals surface area contributed by atoms with Crippen molar-refractivity contribution in [2.45, 2.75) is 12.8 Å². The molecule has 0 spiro atoms. The van der Waals surface area contributed by atoms with Gasteiger partial charge in [-0.3, -0.25) is 9.59 Å². The average Bonchev–Trinajstić information content (AvgIpc) is 2.61. The lowest BCUT2D eigenvalue weighted by Crippen LogP contribution is -2.37. The van der Waals surface area contributed by atoms with E-state index < -0.39 is 11.8 Å². The Morgan fingerprint density at radius 3 is 2.50 bits per heavy atom. The zero-order chi connectivity index (χ0) is 19.1. The maximum Gasteiger partial charge on any atom is 0.224 e. The molecule has 1 atom stereocenters. The van der Waals surface area contributed by atoms with E-state index in [0.717, 1.165) is 5.56 Å². The van der Waals surface area contributed by atoms with Gasteiger partial charge in [0, 0.05) is 11.6 Å². The molecule has 1 unspecified atom stereocenters. The molecule has 2 aromatic carbocycles. The second-order valence-corrected chi connectivity index (χ2v) is 6.28. The summed E-state index contributed by atoms with van der Waals surface area (Å²) in [4.78, 5) is 23.8. The molecule has 0 saturated heterocycles. The summed E-state index contributed by atoms with van der Waals surface area (Å²) in [6.45, 7) is 0.0965. The Hall–Kier alpha value is -2.60. The SMILES string of the molecule is COc1ccc(CC(=O)NCC(Cc2ccc(F)cc2)C(N)=O)c(Cl)c1. The van der Waals surface area contributed by atoms with Gasteiger partial charge >= 0.3 is 0 Å². The maximum atomic E-state index is 13.0. The van der Waals surface area contributed by atoms with Crippen LogP contribution in [0.5, 0.6) is 5.75 Å². The van der Waals surface area contributed by atoms with Crippen molar-refractivity contribution in [1.82, 2.24) is 5.32 Å². The molecule has 2 aromatic rings. The Balaban J connectivity index is 1.92. The number of rotatable bonds is 8. The van der Waals surface area contributed by atoms with E-state index in [9.17, 15) is 14.0 Å². The van der Waals surface area contributed by atoms with E-state index in [1.165, 1.54) is 19.2 Å².